The number of aliphatic hydroxyl groups excluding tert-OH is 1. The predicted molar refractivity (Wildman–Crippen MR) is 72.7 cm³/mol. The monoisotopic (exact) mass is 256 g/mol. The maximum Gasteiger partial charge on any atom is 0.315 e. The van der Waals surface area contributed by atoms with Crippen LogP contribution in [0.3, 0.4) is 0 Å². The van der Waals surface area contributed by atoms with E-state index in [2.05, 4.69) is 30.3 Å². The number of cyclic esters (lactones) is 1. The summed E-state index contributed by atoms with van der Waals surface area (Å²) < 4.78 is 5.05. The Kier molecular flexibility index (Phi) is 3.22. The average molecular weight is 256 g/mol. The Morgan fingerprint density at radius 3 is 2.63 bits per heavy atom. The minimum atomic E-state index is -0.319. The van der Waals surface area contributed by atoms with Gasteiger partial charge < -0.3 is 9.84 Å². The Balaban J connectivity index is 1.67. The third-order valence-electron chi connectivity index (χ3n) is 3.75. The number of carbonyl (C=O) groups excluding carboxylic acids is 1. The lowest BCUT2D eigenvalue weighted by atomic mass is 9.92. The highest BCUT2D eigenvalue weighted by molar-refractivity contribution is 5.83. The predicted octanol–water partition coefficient (Wildman–Crippen LogP) is 2.31. The van der Waals surface area contributed by atoms with Crippen molar-refractivity contribution in [3.05, 3.63) is 48.0 Å². The molecule has 1 aliphatic rings. The second kappa shape index (κ2) is 5.02. The van der Waals surface area contributed by atoms with Gasteiger partial charge in [-0.15, -0.1) is 0 Å². The van der Waals surface area contributed by atoms with Gasteiger partial charge in [-0.3, -0.25) is 4.79 Å². The van der Waals surface area contributed by atoms with E-state index in [1.54, 1.807) is 0 Å². The zero-order chi connectivity index (χ0) is 13.2. The minimum Gasteiger partial charge on any atom is -0.461 e. The molecule has 0 radical (unpaired) electrons. The van der Waals surface area contributed by atoms with Gasteiger partial charge in [0.1, 0.15) is 12.0 Å². The highest BCUT2D eigenvalue weighted by Gasteiger charge is 2.41. The first-order chi connectivity index (χ1) is 9.28. The summed E-state index contributed by atoms with van der Waals surface area (Å²) in [7, 11) is 0. The number of aliphatic hydroxyl groups is 1. The van der Waals surface area contributed by atoms with E-state index in [1.165, 1.54) is 16.3 Å². The average Bonchev–Trinajstić information content (AvgIpc) is 2.43. The van der Waals surface area contributed by atoms with Gasteiger partial charge in [0, 0.05) is 0 Å². The standard InChI is InChI=1S/C16H16O3/c17-10-14-15(19-16(14)18)8-6-11-5-7-12-3-1-2-4-13(12)9-11/h1-5,7,9,14-15,17H,6,8,10H2/t14-,15-/m0/s1. The molecular formula is C16H16O3. The number of aryl methyl sites for hydroxylation is 1. The van der Waals surface area contributed by atoms with Gasteiger partial charge in [-0.05, 0) is 29.2 Å². The summed E-state index contributed by atoms with van der Waals surface area (Å²) in [5.41, 5.74) is 1.23. The van der Waals surface area contributed by atoms with Gasteiger partial charge in [0.25, 0.3) is 0 Å². The van der Waals surface area contributed by atoms with Crippen LogP contribution in [-0.2, 0) is 16.0 Å². The lowest BCUT2D eigenvalue weighted by molar-refractivity contribution is -0.188. The topological polar surface area (TPSA) is 46.5 Å². The summed E-state index contributed by atoms with van der Waals surface area (Å²) in [6.45, 7) is -0.110. The van der Waals surface area contributed by atoms with Crippen molar-refractivity contribution in [2.45, 2.75) is 18.9 Å². The Morgan fingerprint density at radius 1 is 1.11 bits per heavy atom. The van der Waals surface area contributed by atoms with Gasteiger partial charge in [-0.25, -0.2) is 0 Å². The number of esters is 1. The van der Waals surface area contributed by atoms with E-state index in [9.17, 15) is 4.79 Å². The van der Waals surface area contributed by atoms with E-state index in [1.807, 2.05) is 12.1 Å². The first-order valence-electron chi connectivity index (χ1n) is 6.57. The lowest BCUT2D eigenvalue weighted by Gasteiger charge is -2.33. The van der Waals surface area contributed by atoms with Crippen LogP contribution in [0.1, 0.15) is 12.0 Å². The summed E-state index contributed by atoms with van der Waals surface area (Å²) >= 11 is 0. The van der Waals surface area contributed by atoms with Crippen LogP contribution in [0.15, 0.2) is 42.5 Å². The minimum absolute atomic E-state index is 0.110. The Morgan fingerprint density at radius 2 is 1.89 bits per heavy atom. The number of fused-ring (bicyclic) bond motifs is 1. The molecule has 0 saturated carbocycles. The molecule has 3 rings (SSSR count). The van der Waals surface area contributed by atoms with Crippen LogP contribution in [-0.4, -0.2) is 23.8 Å². The fourth-order valence-electron chi connectivity index (χ4n) is 2.55. The smallest absolute Gasteiger partial charge is 0.315 e. The van der Waals surface area contributed by atoms with Gasteiger partial charge in [0.05, 0.1) is 6.61 Å². The van der Waals surface area contributed by atoms with Crippen LogP contribution in [0.5, 0.6) is 0 Å². The zero-order valence-corrected chi connectivity index (χ0v) is 10.6. The third-order valence-corrected chi connectivity index (χ3v) is 3.75. The van der Waals surface area contributed by atoms with Crippen molar-refractivity contribution in [1.29, 1.82) is 0 Å². The molecule has 1 N–H and O–H groups in total. The summed E-state index contributed by atoms with van der Waals surface area (Å²) in [6, 6.07) is 14.6. The number of rotatable bonds is 4. The van der Waals surface area contributed by atoms with E-state index in [0.717, 1.165) is 12.8 Å². The summed E-state index contributed by atoms with van der Waals surface area (Å²) in [5, 5.41) is 11.5. The van der Waals surface area contributed by atoms with Gasteiger partial charge in [0.2, 0.25) is 0 Å². The molecule has 1 fully saturated rings. The molecule has 1 aliphatic heterocycles. The van der Waals surface area contributed by atoms with Crippen LogP contribution in [0.4, 0.5) is 0 Å². The largest absolute Gasteiger partial charge is 0.461 e. The van der Waals surface area contributed by atoms with Gasteiger partial charge in [-0.1, -0.05) is 42.5 Å². The van der Waals surface area contributed by atoms with Crippen molar-refractivity contribution in [3.63, 3.8) is 0 Å². The molecule has 2 aromatic carbocycles. The number of benzene rings is 2. The van der Waals surface area contributed by atoms with Crippen LogP contribution in [0.25, 0.3) is 10.8 Å². The van der Waals surface area contributed by atoms with Crippen molar-refractivity contribution in [2.75, 3.05) is 6.61 Å². The molecule has 0 amide bonds. The van der Waals surface area contributed by atoms with Gasteiger partial charge in [-0.2, -0.15) is 0 Å². The molecule has 3 nitrogen and oxygen atoms in total. The number of hydrogen-bond acceptors (Lipinski definition) is 3. The molecule has 0 spiro atoms. The fourth-order valence-corrected chi connectivity index (χ4v) is 2.55. The van der Waals surface area contributed by atoms with Crippen LogP contribution >= 0.6 is 0 Å². The van der Waals surface area contributed by atoms with Crippen molar-refractivity contribution >= 4 is 16.7 Å². The SMILES string of the molecule is O=C1O[C@@H](CCc2ccc3ccccc3c2)[C@@H]1CO. The molecule has 2 aromatic rings. The Hall–Kier alpha value is -1.87. The molecule has 0 aliphatic carbocycles. The molecule has 19 heavy (non-hydrogen) atoms. The van der Waals surface area contributed by atoms with Crippen LogP contribution < -0.4 is 0 Å². The Labute approximate surface area is 111 Å². The van der Waals surface area contributed by atoms with E-state index < -0.39 is 0 Å². The highest BCUT2D eigenvalue weighted by Crippen LogP contribution is 2.26. The summed E-state index contributed by atoms with van der Waals surface area (Å²) in [6.07, 6.45) is 1.51. The Bertz CT molecular complexity index is 606. The maximum atomic E-state index is 11.1. The second-order valence-corrected chi connectivity index (χ2v) is 4.98. The lowest BCUT2D eigenvalue weighted by Crippen LogP contribution is -2.47. The molecule has 0 unspecified atom stereocenters. The van der Waals surface area contributed by atoms with E-state index >= 15 is 0 Å². The fraction of sp³-hybridized carbons (Fsp3) is 0.312. The third kappa shape index (κ3) is 2.34. The molecule has 2 atom stereocenters. The van der Waals surface area contributed by atoms with E-state index in [0.29, 0.717) is 0 Å². The first-order valence-corrected chi connectivity index (χ1v) is 6.57. The highest BCUT2D eigenvalue weighted by atomic mass is 16.6. The number of hydrogen-bond donors (Lipinski definition) is 1. The van der Waals surface area contributed by atoms with Crippen molar-refractivity contribution in [1.82, 2.24) is 0 Å². The number of ether oxygens (including phenoxy) is 1. The quantitative estimate of drug-likeness (QED) is 0.854. The number of carbonyl (C=O) groups is 1. The second-order valence-electron chi connectivity index (χ2n) is 4.98. The normalized spacial score (nSPS) is 22.1. The molecule has 3 heteroatoms. The van der Waals surface area contributed by atoms with Gasteiger partial charge in [0.15, 0.2) is 0 Å². The van der Waals surface area contributed by atoms with Crippen LogP contribution in [0, 0.1) is 5.92 Å². The molecule has 1 saturated heterocycles. The van der Waals surface area contributed by atoms with Crippen molar-refractivity contribution < 1.29 is 14.6 Å². The summed E-state index contributed by atoms with van der Waals surface area (Å²) in [5.74, 6) is -0.591. The van der Waals surface area contributed by atoms with E-state index in [-0.39, 0.29) is 24.6 Å². The zero-order valence-electron chi connectivity index (χ0n) is 10.6. The first kappa shape index (κ1) is 12.2. The maximum absolute atomic E-state index is 11.1. The molecule has 1 heterocycles. The molecular weight excluding hydrogens is 240 g/mol. The van der Waals surface area contributed by atoms with Crippen LogP contribution in [0.2, 0.25) is 0 Å². The molecule has 0 aromatic heterocycles. The van der Waals surface area contributed by atoms with Gasteiger partial charge >= 0.3 is 5.97 Å². The van der Waals surface area contributed by atoms with Crippen molar-refractivity contribution in [2.24, 2.45) is 5.92 Å². The van der Waals surface area contributed by atoms with Crippen molar-refractivity contribution in [3.8, 4) is 0 Å². The molecule has 98 valence electrons. The summed E-state index contributed by atoms with van der Waals surface area (Å²) in [4.78, 5) is 11.1. The molecule has 0 bridgehead atoms. The van der Waals surface area contributed by atoms with E-state index in [4.69, 9.17) is 9.84 Å².